The molecule has 11 heteroatoms. The maximum atomic E-state index is 12.4. The molecule has 0 aliphatic rings. The molecule has 1 N–H and O–H groups in total. The molecule has 0 unspecified atom stereocenters. The van der Waals surface area contributed by atoms with Crippen molar-refractivity contribution in [3.8, 4) is 11.4 Å². The Bertz CT molecular complexity index is 1120. The molecule has 0 fully saturated rings. The molecule has 0 bridgehead atoms. The molecule has 1 amide bonds. The number of thioether (sulfide) groups is 1. The van der Waals surface area contributed by atoms with Crippen molar-refractivity contribution in [2.75, 3.05) is 11.1 Å². The van der Waals surface area contributed by atoms with Crippen molar-refractivity contribution < 1.29 is 9.72 Å². The lowest BCUT2D eigenvalue weighted by molar-refractivity contribution is -0.384. The topological polar surface area (TPSA) is 103 Å². The van der Waals surface area contributed by atoms with Crippen molar-refractivity contribution in [2.45, 2.75) is 25.5 Å². The lowest BCUT2D eigenvalue weighted by atomic mass is 10.2. The predicted molar refractivity (Wildman–Crippen MR) is 118 cm³/mol. The predicted octanol–water partition coefficient (Wildman–Crippen LogP) is 5.22. The number of aromatic nitrogens is 3. The van der Waals surface area contributed by atoms with E-state index in [0.29, 0.717) is 38.8 Å². The van der Waals surface area contributed by atoms with E-state index in [-0.39, 0.29) is 17.3 Å². The van der Waals surface area contributed by atoms with E-state index in [1.807, 2.05) is 11.5 Å². The first-order chi connectivity index (χ1) is 14.3. The lowest BCUT2D eigenvalue weighted by Crippen LogP contribution is -2.15. The van der Waals surface area contributed by atoms with Crippen molar-refractivity contribution in [1.29, 1.82) is 0 Å². The van der Waals surface area contributed by atoms with E-state index in [1.165, 1.54) is 23.9 Å². The lowest BCUT2D eigenvalue weighted by Gasteiger charge is -2.10. The monoisotopic (exact) mass is 465 g/mol. The Morgan fingerprint density at radius 3 is 2.67 bits per heavy atom. The number of nitrogens with zero attached hydrogens (tertiary/aromatic N) is 4. The van der Waals surface area contributed by atoms with Crippen LogP contribution in [0.4, 0.5) is 11.4 Å². The van der Waals surface area contributed by atoms with Crippen LogP contribution in [-0.2, 0) is 11.3 Å². The summed E-state index contributed by atoms with van der Waals surface area (Å²) in [6.07, 6.45) is 0. The van der Waals surface area contributed by atoms with Crippen LogP contribution in [0.25, 0.3) is 11.4 Å². The molecule has 0 aliphatic heterocycles. The zero-order valence-corrected chi connectivity index (χ0v) is 18.4. The third-order valence-corrected chi connectivity index (χ3v) is 5.76. The number of non-ortho nitro benzene ring substituents is 1. The van der Waals surface area contributed by atoms with Crippen LogP contribution in [0.3, 0.4) is 0 Å². The van der Waals surface area contributed by atoms with Crippen molar-refractivity contribution in [1.82, 2.24) is 14.8 Å². The Kier molecular flexibility index (Phi) is 6.96. The summed E-state index contributed by atoms with van der Waals surface area (Å²) in [5, 5.41) is 23.6. The standard InChI is InChI=1S/C19H17Cl2N5O3S/c1-3-25-18(14-7-5-12(20)8-15(14)21)23-24-19(25)30-10-17(27)22-16-9-13(26(28)29)6-4-11(16)2/h4-9H,3,10H2,1-2H3,(H,22,27). The molecule has 0 aliphatic carbocycles. The van der Waals surface area contributed by atoms with Gasteiger partial charge in [-0.3, -0.25) is 14.9 Å². The molecule has 8 nitrogen and oxygen atoms in total. The van der Waals surface area contributed by atoms with Gasteiger partial charge in [0, 0.05) is 29.3 Å². The number of hydrogen-bond donors (Lipinski definition) is 1. The highest BCUT2D eigenvalue weighted by molar-refractivity contribution is 7.99. The van der Waals surface area contributed by atoms with E-state index < -0.39 is 4.92 Å². The van der Waals surface area contributed by atoms with E-state index in [9.17, 15) is 14.9 Å². The number of nitro benzene ring substituents is 1. The SMILES string of the molecule is CCn1c(SCC(=O)Nc2cc([N+](=O)[O-])ccc2C)nnc1-c1ccc(Cl)cc1Cl. The number of nitrogens with one attached hydrogen (secondary N) is 1. The van der Waals surface area contributed by atoms with Crippen LogP contribution < -0.4 is 5.32 Å². The molecule has 3 rings (SSSR count). The minimum Gasteiger partial charge on any atom is -0.325 e. The molecular formula is C19H17Cl2N5O3S. The average molecular weight is 466 g/mol. The summed E-state index contributed by atoms with van der Waals surface area (Å²) >= 11 is 13.5. The van der Waals surface area contributed by atoms with Gasteiger partial charge in [-0.1, -0.05) is 41.0 Å². The average Bonchev–Trinajstić information content (AvgIpc) is 3.10. The summed E-state index contributed by atoms with van der Waals surface area (Å²) in [5.74, 6) is 0.339. The second-order valence-electron chi connectivity index (χ2n) is 6.27. The number of halogens is 2. The highest BCUT2D eigenvalue weighted by Crippen LogP contribution is 2.31. The van der Waals surface area contributed by atoms with Gasteiger partial charge < -0.3 is 9.88 Å². The molecule has 0 atom stereocenters. The summed E-state index contributed by atoms with van der Waals surface area (Å²) in [6, 6.07) is 9.46. The van der Waals surface area contributed by atoms with E-state index in [1.54, 1.807) is 31.2 Å². The van der Waals surface area contributed by atoms with Crippen LogP contribution in [0.2, 0.25) is 10.0 Å². The number of carbonyl (C=O) groups excluding carboxylic acids is 1. The van der Waals surface area contributed by atoms with Crippen LogP contribution in [0.1, 0.15) is 12.5 Å². The largest absolute Gasteiger partial charge is 0.325 e. The van der Waals surface area contributed by atoms with Gasteiger partial charge in [0.2, 0.25) is 5.91 Å². The number of hydrogen-bond acceptors (Lipinski definition) is 6. The van der Waals surface area contributed by atoms with Crippen LogP contribution in [0, 0.1) is 17.0 Å². The number of carbonyl (C=O) groups is 1. The molecule has 1 heterocycles. The molecule has 0 spiro atoms. The fraction of sp³-hybridized carbons (Fsp3) is 0.211. The van der Waals surface area contributed by atoms with Crippen LogP contribution in [0.5, 0.6) is 0 Å². The third-order valence-electron chi connectivity index (χ3n) is 4.24. The Hall–Kier alpha value is -2.62. The molecular weight excluding hydrogens is 449 g/mol. The molecule has 3 aromatic rings. The summed E-state index contributed by atoms with van der Waals surface area (Å²) in [4.78, 5) is 22.8. The van der Waals surface area contributed by atoms with Gasteiger partial charge in [-0.05, 0) is 37.6 Å². The second kappa shape index (κ2) is 9.46. The Morgan fingerprint density at radius 1 is 1.23 bits per heavy atom. The summed E-state index contributed by atoms with van der Waals surface area (Å²) in [7, 11) is 0. The number of anilines is 1. The molecule has 1 aromatic heterocycles. The zero-order chi connectivity index (χ0) is 21.8. The van der Waals surface area contributed by atoms with Crippen LogP contribution >= 0.6 is 35.0 Å². The zero-order valence-electron chi connectivity index (χ0n) is 16.1. The van der Waals surface area contributed by atoms with Gasteiger partial charge in [0.1, 0.15) is 0 Å². The van der Waals surface area contributed by atoms with Gasteiger partial charge >= 0.3 is 0 Å². The van der Waals surface area contributed by atoms with Gasteiger partial charge in [-0.2, -0.15) is 0 Å². The number of amides is 1. The van der Waals surface area contributed by atoms with Crippen molar-refractivity contribution >= 4 is 52.2 Å². The smallest absolute Gasteiger partial charge is 0.271 e. The molecule has 156 valence electrons. The normalized spacial score (nSPS) is 10.8. The molecule has 30 heavy (non-hydrogen) atoms. The van der Waals surface area contributed by atoms with Gasteiger partial charge in [0.05, 0.1) is 21.4 Å². The molecule has 2 aromatic carbocycles. The number of aryl methyl sites for hydroxylation is 1. The first-order valence-electron chi connectivity index (χ1n) is 8.86. The number of rotatable bonds is 7. The van der Waals surface area contributed by atoms with Crippen molar-refractivity contribution in [3.05, 3.63) is 62.1 Å². The summed E-state index contributed by atoms with van der Waals surface area (Å²) < 4.78 is 1.85. The van der Waals surface area contributed by atoms with Gasteiger partial charge in [0.15, 0.2) is 11.0 Å². The quantitative estimate of drug-likeness (QED) is 0.291. The summed E-state index contributed by atoms with van der Waals surface area (Å²) in [6.45, 7) is 4.28. The highest BCUT2D eigenvalue weighted by atomic mass is 35.5. The maximum Gasteiger partial charge on any atom is 0.271 e. The second-order valence-corrected chi connectivity index (χ2v) is 8.05. The van der Waals surface area contributed by atoms with Gasteiger partial charge in [-0.25, -0.2) is 0 Å². The van der Waals surface area contributed by atoms with Crippen LogP contribution in [0.15, 0.2) is 41.6 Å². The van der Waals surface area contributed by atoms with E-state index >= 15 is 0 Å². The molecule has 0 saturated carbocycles. The van der Waals surface area contributed by atoms with Gasteiger partial charge in [-0.15, -0.1) is 10.2 Å². The minimum atomic E-state index is -0.503. The Balaban J connectivity index is 1.73. The number of benzene rings is 2. The molecule has 0 saturated heterocycles. The summed E-state index contributed by atoms with van der Waals surface area (Å²) in [5.41, 5.74) is 1.74. The highest BCUT2D eigenvalue weighted by Gasteiger charge is 2.17. The maximum absolute atomic E-state index is 12.4. The fourth-order valence-electron chi connectivity index (χ4n) is 2.73. The first-order valence-corrected chi connectivity index (χ1v) is 10.6. The number of nitro groups is 1. The van der Waals surface area contributed by atoms with Crippen molar-refractivity contribution in [2.24, 2.45) is 0 Å². The van der Waals surface area contributed by atoms with Crippen molar-refractivity contribution in [3.63, 3.8) is 0 Å². The van der Waals surface area contributed by atoms with Gasteiger partial charge in [0.25, 0.3) is 5.69 Å². The minimum absolute atomic E-state index is 0.0641. The Labute approximate surface area is 186 Å². The first kappa shape index (κ1) is 22.1. The van der Waals surface area contributed by atoms with E-state index in [0.717, 1.165) is 5.56 Å². The third kappa shape index (κ3) is 4.92. The fourth-order valence-corrected chi connectivity index (χ4v) is 4.02. The Morgan fingerprint density at radius 2 is 2.00 bits per heavy atom. The van der Waals surface area contributed by atoms with E-state index in [4.69, 9.17) is 23.2 Å². The van der Waals surface area contributed by atoms with E-state index in [2.05, 4.69) is 15.5 Å². The van der Waals surface area contributed by atoms with Crippen LogP contribution in [-0.4, -0.2) is 31.3 Å². The molecule has 0 radical (unpaired) electrons.